The topological polar surface area (TPSA) is 63.1 Å². The zero-order valence-electron chi connectivity index (χ0n) is 13.8. The summed E-state index contributed by atoms with van der Waals surface area (Å²) in [6.45, 7) is 2.81. The van der Waals surface area contributed by atoms with E-state index in [1.165, 1.54) is 12.1 Å². The van der Waals surface area contributed by atoms with Crippen LogP contribution in [0.15, 0.2) is 30.5 Å². The van der Waals surface area contributed by atoms with Crippen molar-refractivity contribution in [3.05, 3.63) is 47.5 Å². The van der Waals surface area contributed by atoms with E-state index < -0.39 is 0 Å². The molecule has 1 unspecified atom stereocenters. The molecule has 3 rings (SSSR count). The Labute approximate surface area is 140 Å². The Morgan fingerprint density at radius 2 is 2.33 bits per heavy atom. The predicted octanol–water partition coefficient (Wildman–Crippen LogP) is 1.54. The Balaban J connectivity index is 1.65. The van der Waals surface area contributed by atoms with E-state index in [-0.39, 0.29) is 11.7 Å². The first kappa shape index (κ1) is 16.6. The van der Waals surface area contributed by atoms with Crippen molar-refractivity contribution >= 4 is 5.91 Å². The van der Waals surface area contributed by atoms with E-state index in [2.05, 4.69) is 15.6 Å². The van der Waals surface area contributed by atoms with Crippen LogP contribution in [-0.4, -0.2) is 52.5 Å². The number of carbonyl (C=O) groups excluding carboxylic acids is 1. The fourth-order valence-electron chi connectivity index (χ4n) is 3.16. The molecule has 0 bridgehead atoms. The third-order valence-corrected chi connectivity index (χ3v) is 4.29. The summed E-state index contributed by atoms with van der Waals surface area (Å²) in [4.78, 5) is 14.4. The number of carbonyl (C=O) groups is 1. The Hall–Kier alpha value is -2.28. The standard InChI is InChI=1S/C17H22FN5O/c1-19-9-14-5-3-7-22(10-14)17(24)16-12-23(21-20-16)11-13-4-2-6-15(18)8-13/h2,4,6,8,12,14,19H,3,5,7,9-11H2,1H3. The minimum Gasteiger partial charge on any atom is -0.337 e. The molecule has 24 heavy (non-hydrogen) atoms. The summed E-state index contributed by atoms with van der Waals surface area (Å²) in [5.74, 6) is 0.115. The van der Waals surface area contributed by atoms with Crippen LogP contribution < -0.4 is 5.32 Å². The van der Waals surface area contributed by atoms with Crippen molar-refractivity contribution in [3.8, 4) is 0 Å². The summed E-state index contributed by atoms with van der Waals surface area (Å²) in [6, 6.07) is 6.33. The van der Waals surface area contributed by atoms with Gasteiger partial charge in [-0.2, -0.15) is 0 Å². The van der Waals surface area contributed by atoms with Crippen LogP contribution in [0.2, 0.25) is 0 Å². The van der Waals surface area contributed by atoms with Gasteiger partial charge in [0.15, 0.2) is 5.69 Å². The van der Waals surface area contributed by atoms with Crippen LogP contribution in [-0.2, 0) is 6.54 Å². The summed E-state index contributed by atoms with van der Waals surface area (Å²) in [7, 11) is 1.93. The molecule has 0 saturated carbocycles. The summed E-state index contributed by atoms with van der Waals surface area (Å²) in [5, 5.41) is 11.2. The number of benzene rings is 1. The van der Waals surface area contributed by atoms with E-state index in [4.69, 9.17) is 0 Å². The molecule has 128 valence electrons. The number of aromatic nitrogens is 3. The molecule has 6 nitrogen and oxygen atoms in total. The molecular formula is C17H22FN5O. The molecule has 1 aliphatic rings. The largest absolute Gasteiger partial charge is 0.337 e. The number of halogens is 1. The number of nitrogens with one attached hydrogen (secondary N) is 1. The summed E-state index contributed by atoms with van der Waals surface area (Å²) in [5.41, 5.74) is 1.13. The molecule has 0 aliphatic carbocycles. The predicted molar refractivity (Wildman–Crippen MR) is 88.1 cm³/mol. The van der Waals surface area contributed by atoms with Gasteiger partial charge in [-0.1, -0.05) is 17.3 Å². The molecule has 1 aromatic heterocycles. The van der Waals surface area contributed by atoms with E-state index >= 15 is 0 Å². The Kier molecular flexibility index (Phi) is 5.20. The lowest BCUT2D eigenvalue weighted by molar-refractivity contribution is 0.0668. The summed E-state index contributed by atoms with van der Waals surface area (Å²) < 4.78 is 14.8. The van der Waals surface area contributed by atoms with Gasteiger partial charge < -0.3 is 10.2 Å². The Morgan fingerprint density at radius 1 is 1.46 bits per heavy atom. The monoisotopic (exact) mass is 331 g/mol. The minimum atomic E-state index is -0.284. The van der Waals surface area contributed by atoms with Gasteiger partial charge in [-0.25, -0.2) is 9.07 Å². The van der Waals surface area contributed by atoms with Crippen LogP contribution >= 0.6 is 0 Å². The molecular weight excluding hydrogens is 309 g/mol. The number of piperidine rings is 1. The molecule has 1 aromatic carbocycles. The Morgan fingerprint density at radius 3 is 3.12 bits per heavy atom. The van der Waals surface area contributed by atoms with E-state index in [0.717, 1.165) is 38.0 Å². The quantitative estimate of drug-likeness (QED) is 0.903. The SMILES string of the molecule is CNCC1CCCN(C(=O)c2cn(Cc3cccc(F)c3)nn2)C1. The third-order valence-electron chi connectivity index (χ3n) is 4.29. The maximum atomic E-state index is 13.2. The van der Waals surface area contributed by atoms with Crippen molar-refractivity contribution in [1.29, 1.82) is 0 Å². The molecule has 7 heteroatoms. The minimum absolute atomic E-state index is 0.0821. The lowest BCUT2D eigenvalue weighted by Crippen LogP contribution is -2.42. The first-order chi connectivity index (χ1) is 11.7. The maximum absolute atomic E-state index is 13.2. The normalized spacial score (nSPS) is 17.9. The average molecular weight is 331 g/mol. The number of likely N-dealkylation sites (tertiary alicyclic amines) is 1. The number of hydrogen-bond donors (Lipinski definition) is 1. The van der Waals surface area contributed by atoms with E-state index in [1.54, 1.807) is 16.9 Å². The summed E-state index contributed by atoms with van der Waals surface area (Å²) in [6.07, 6.45) is 3.78. The van der Waals surface area contributed by atoms with Crippen molar-refractivity contribution in [2.45, 2.75) is 19.4 Å². The zero-order chi connectivity index (χ0) is 16.9. The highest BCUT2D eigenvalue weighted by atomic mass is 19.1. The van der Waals surface area contributed by atoms with Crippen LogP contribution in [0.25, 0.3) is 0 Å². The fourth-order valence-corrected chi connectivity index (χ4v) is 3.16. The highest BCUT2D eigenvalue weighted by Crippen LogP contribution is 2.17. The third kappa shape index (κ3) is 3.97. The van der Waals surface area contributed by atoms with Crippen LogP contribution in [0.5, 0.6) is 0 Å². The second-order valence-electron chi connectivity index (χ2n) is 6.25. The van der Waals surface area contributed by atoms with Gasteiger partial charge in [-0.05, 0) is 50.0 Å². The van der Waals surface area contributed by atoms with Crippen molar-refractivity contribution in [1.82, 2.24) is 25.2 Å². The van der Waals surface area contributed by atoms with Gasteiger partial charge in [0.1, 0.15) is 5.82 Å². The van der Waals surface area contributed by atoms with Gasteiger partial charge in [0, 0.05) is 13.1 Å². The van der Waals surface area contributed by atoms with Gasteiger partial charge >= 0.3 is 0 Å². The molecule has 1 atom stereocenters. The lowest BCUT2D eigenvalue weighted by atomic mass is 9.98. The van der Waals surface area contributed by atoms with Gasteiger partial charge in [-0.15, -0.1) is 5.10 Å². The highest BCUT2D eigenvalue weighted by Gasteiger charge is 2.25. The van der Waals surface area contributed by atoms with Gasteiger partial charge in [0.05, 0.1) is 12.7 Å². The van der Waals surface area contributed by atoms with E-state index in [0.29, 0.717) is 18.2 Å². The average Bonchev–Trinajstić information content (AvgIpc) is 3.03. The molecule has 1 N–H and O–H groups in total. The van der Waals surface area contributed by atoms with Crippen LogP contribution in [0.1, 0.15) is 28.9 Å². The molecule has 2 aromatic rings. The first-order valence-electron chi connectivity index (χ1n) is 8.24. The Bertz CT molecular complexity index is 700. The van der Waals surface area contributed by atoms with Crippen molar-refractivity contribution in [2.24, 2.45) is 5.92 Å². The van der Waals surface area contributed by atoms with Gasteiger partial charge in [0.2, 0.25) is 0 Å². The molecule has 1 fully saturated rings. The van der Waals surface area contributed by atoms with Crippen LogP contribution in [0, 0.1) is 11.7 Å². The molecule has 1 aliphatic heterocycles. The maximum Gasteiger partial charge on any atom is 0.276 e. The van der Waals surface area contributed by atoms with E-state index in [1.807, 2.05) is 18.0 Å². The number of hydrogen-bond acceptors (Lipinski definition) is 4. The second kappa shape index (κ2) is 7.53. The number of nitrogens with zero attached hydrogens (tertiary/aromatic N) is 4. The molecule has 1 amide bonds. The first-order valence-corrected chi connectivity index (χ1v) is 8.24. The molecule has 0 radical (unpaired) electrons. The second-order valence-corrected chi connectivity index (χ2v) is 6.25. The highest BCUT2D eigenvalue weighted by molar-refractivity contribution is 5.92. The van der Waals surface area contributed by atoms with Crippen molar-refractivity contribution in [2.75, 3.05) is 26.7 Å². The van der Waals surface area contributed by atoms with Crippen molar-refractivity contribution < 1.29 is 9.18 Å². The van der Waals surface area contributed by atoms with Gasteiger partial charge in [-0.3, -0.25) is 4.79 Å². The van der Waals surface area contributed by atoms with Gasteiger partial charge in [0.25, 0.3) is 5.91 Å². The van der Waals surface area contributed by atoms with Crippen LogP contribution in [0.4, 0.5) is 4.39 Å². The lowest BCUT2D eigenvalue weighted by Gasteiger charge is -2.32. The molecule has 0 spiro atoms. The van der Waals surface area contributed by atoms with E-state index in [9.17, 15) is 9.18 Å². The van der Waals surface area contributed by atoms with Crippen LogP contribution in [0.3, 0.4) is 0 Å². The molecule has 1 saturated heterocycles. The smallest absolute Gasteiger partial charge is 0.276 e. The molecule has 2 heterocycles. The summed E-state index contributed by atoms with van der Waals surface area (Å²) >= 11 is 0. The number of rotatable bonds is 5. The zero-order valence-corrected chi connectivity index (χ0v) is 13.8. The van der Waals surface area contributed by atoms with Crippen molar-refractivity contribution in [3.63, 3.8) is 0 Å². The number of amides is 1. The fraction of sp³-hybridized carbons (Fsp3) is 0.471.